The summed E-state index contributed by atoms with van der Waals surface area (Å²) in [6.45, 7) is 2.51. The van der Waals surface area contributed by atoms with Gasteiger partial charge in [-0.05, 0) is 42.8 Å². The fourth-order valence-electron chi connectivity index (χ4n) is 2.14. The molecule has 2 amide bonds. The van der Waals surface area contributed by atoms with E-state index in [2.05, 4.69) is 22.8 Å². The van der Waals surface area contributed by atoms with Crippen molar-refractivity contribution in [2.24, 2.45) is 5.10 Å². The van der Waals surface area contributed by atoms with Crippen LogP contribution >= 0.6 is 23.2 Å². The zero-order chi connectivity index (χ0) is 20.4. The quantitative estimate of drug-likeness (QED) is 0.364. The van der Waals surface area contributed by atoms with Gasteiger partial charge in [0.2, 0.25) is 0 Å². The highest BCUT2D eigenvalue weighted by Gasteiger charge is 2.08. The van der Waals surface area contributed by atoms with Crippen LogP contribution in [0.2, 0.25) is 10.0 Å². The Bertz CT molecular complexity index is 819. The maximum atomic E-state index is 12.1. The molecule has 0 heterocycles. The standard InChI is InChI=1S/C20H21Cl2N3O3/c1-2-3-11-28-15-9-7-14(8-10-15)20(27)23-13-19(26)25-24-12-16-17(21)5-4-6-18(16)22/h4-10,12H,2-3,11,13H2,1H3,(H,23,27)(H,25,26)/b24-12-. The molecule has 0 atom stereocenters. The van der Waals surface area contributed by atoms with Crippen molar-refractivity contribution < 1.29 is 14.3 Å². The second kappa shape index (κ2) is 11.3. The van der Waals surface area contributed by atoms with Gasteiger partial charge in [-0.2, -0.15) is 5.10 Å². The van der Waals surface area contributed by atoms with Crippen molar-refractivity contribution in [3.8, 4) is 5.75 Å². The molecule has 2 N–H and O–H groups in total. The van der Waals surface area contributed by atoms with Gasteiger partial charge in [-0.1, -0.05) is 42.6 Å². The minimum Gasteiger partial charge on any atom is -0.494 e. The Labute approximate surface area is 173 Å². The Morgan fingerprint density at radius 1 is 1.11 bits per heavy atom. The molecular weight excluding hydrogens is 401 g/mol. The van der Waals surface area contributed by atoms with E-state index in [9.17, 15) is 9.59 Å². The van der Waals surface area contributed by atoms with Crippen LogP contribution in [0.25, 0.3) is 0 Å². The first-order valence-corrected chi connectivity index (χ1v) is 9.54. The SMILES string of the molecule is CCCCOc1ccc(C(=O)NCC(=O)N/N=C\c2c(Cl)cccc2Cl)cc1. The molecule has 0 aliphatic carbocycles. The zero-order valence-corrected chi connectivity index (χ0v) is 16.9. The first-order valence-electron chi connectivity index (χ1n) is 8.78. The number of amides is 2. The van der Waals surface area contributed by atoms with Crippen LogP contribution in [0.4, 0.5) is 0 Å². The van der Waals surface area contributed by atoms with E-state index in [1.165, 1.54) is 6.21 Å². The van der Waals surface area contributed by atoms with E-state index in [1.54, 1.807) is 42.5 Å². The summed E-state index contributed by atoms with van der Waals surface area (Å²) in [4.78, 5) is 23.9. The molecule has 0 unspecified atom stereocenters. The number of carbonyl (C=O) groups is 2. The number of hydrogen-bond acceptors (Lipinski definition) is 4. The number of hydrazone groups is 1. The molecule has 2 aromatic carbocycles. The van der Waals surface area contributed by atoms with E-state index in [1.807, 2.05) is 0 Å². The summed E-state index contributed by atoms with van der Waals surface area (Å²) < 4.78 is 5.55. The summed E-state index contributed by atoms with van der Waals surface area (Å²) in [6, 6.07) is 11.8. The average Bonchev–Trinajstić information content (AvgIpc) is 2.69. The van der Waals surface area contributed by atoms with Crippen LogP contribution in [0.15, 0.2) is 47.6 Å². The lowest BCUT2D eigenvalue weighted by Crippen LogP contribution is -2.34. The fraction of sp³-hybridized carbons (Fsp3) is 0.250. The highest BCUT2D eigenvalue weighted by Crippen LogP contribution is 2.21. The summed E-state index contributed by atoms with van der Waals surface area (Å²) >= 11 is 12.0. The molecule has 0 radical (unpaired) electrons. The first kappa shape index (κ1) is 21.7. The number of unbranched alkanes of at least 4 members (excludes halogenated alkanes) is 1. The van der Waals surface area contributed by atoms with Crippen molar-refractivity contribution in [1.29, 1.82) is 0 Å². The lowest BCUT2D eigenvalue weighted by molar-refractivity contribution is -0.120. The van der Waals surface area contributed by atoms with Crippen molar-refractivity contribution in [2.45, 2.75) is 19.8 Å². The highest BCUT2D eigenvalue weighted by atomic mass is 35.5. The molecule has 0 saturated carbocycles. The van der Waals surface area contributed by atoms with Crippen molar-refractivity contribution >= 4 is 41.2 Å². The molecule has 148 valence electrons. The smallest absolute Gasteiger partial charge is 0.259 e. The van der Waals surface area contributed by atoms with Gasteiger partial charge in [-0.25, -0.2) is 5.43 Å². The number of nitrogens with one attached hydrogen (secondary N) is 2. The molecule has 28 heavy (non-hydrogen) atoms. The molecule has 0 saturated heterocycles. The maximum absolute atomic E-state index is 12.1. The van der Waals surface area contributed by atoms with Crippen molar-refractivity contribution in [3.63, 3.8) is 0 Å². The van der Waals surface area contributed by atoms with Crippen LogP contribution in [0.1, 0.15) is 35.7 Å². The van der Waals surface area contributed by atoms with E-state index in [-0.39, 0.29) is 12.5 Å². The van der Waals surface area contributed by atoms with Crippen LogP contribution in [-0.2, 0) is 4.79 Å². The average molecular weight is 422 g/mol. The molecule has 0 fully saturated rings. The molecule has 0 aromatic heterocycles. The Balaban J connectivity index is 1.79. The van der Waals surface area contributed by atoms with Gasteiger partial charge in [0.05, 0.1) is 29.4 Å². The Hall–Kier alpha value is -2.57. The van der Waals surface area contributed by atoms with Crippen LogP contribution in [0.5, 0.6) is 5.75 Å². The fourth-order valence-corrected chi connectivity index (χ4v) is 2.64. The molecule has 0 aliphatic heterocycles. The van der Waals surface area contributed by atoms with Crippen LogP contribution in [0, 0.1) is 0 Å². The third-order valence-corrected chi connectivity index (χ3v) is 4.33. The van der Waals surface area contributed by atoms with Crippen molar-refractivity contribution in [3.05, 3.63) is 63.6 Å². The lowest BCUT2D eigenvalue weighted by atomic mass is 10.2. The Morgan fingerprint density at radius 2 is 1.79 bits per heavy atom. The molecule has 0 bridgehead atoms. The first-order chi connectivity index (χ1) is 13.5. The predicted octanol–water partition coefficient (Wildman–Crippen LogP) is 4.05. The van der Waals surface area contributed by atoms with E-state index in [0.717, 1.165) is 12.8 Å². The van der Waals surface area contributed by atoms with Crippen molar-refractivity contribution in [1.82, 2.24) is 10.7 Å². The van der Waals surface area contributed by atoms with Gasteiger partial charge < -0.3 is 10.1 Å². The van der Waals surface area contributed by atoms with Crippen LogP contribution < -0.4 is 15.5 Å². The number of halogens is 2. The molecule has 0 spiro atoms. The Kier molecular flexibility index (Phi) is 8.78. The summed E-state index contributed by atoms with van der Waals surface area (Å²) in [5, 5.41) is 7.16. The van der Waals surface area contributed by atoms with Gasteiger partial charge in [0.15, 0.2) is 0 Å². The minimum atomic E-state index is -0.479. The monoisotopic (exact) mass is 421 g/mol. The minimum absolute atomic E-state index is 0.221. The zero-order valence-electron chi connectivity index (χ0n) is 15.4. The number of hydrogen-bond donors (Lipinski definition) is 2. The van der Waals surface area contributed by atoms with Crippen LogP contribution in [0.3, 0.4) is 0 Å². The summed E-state index contributed by atoms with van der Waals surface area (Å²) in [5.74, 6) is -0.143. The largest absolute Gasteiger partial charge is 0.494 e. The topological polar surface area (TPSA) is 79.8 Å². The maximum Gasteiger partial charge on any atom is 0.259 e. The van der Waals surface area contributed by atoms with Gasteiger partial charge in [0.1, 0.15) is 5.75 Å². The number of nitrogens with zero attached hydrogens (tertiary/aromatic N) is 1. The second-order valence-electron chi connectivity index (χ2n) is 5.84. The number of ether oxygens (including phenoxy) is 1. The van der Waals surface area contributed by atoms with Gasteiger partial charge in [0.25, 0.3) is 11.8 Å². The Morgan fingerprint density at radius 3 is 2.43 bits per heavy atom. The van der Waals surface area contributed by atoms with Gasteiger partial charge in [0, 0.05) is 11.1 Å². The summed E-state index contributed by atoms with van der Waals surface area (Å²) in [7, 11) is 0. The molecule has 2 rings (SSSR count). The van der Waals surface area contributed by atoms with Gasteiger partial charge in [-0.15, -0.1) is 0 Å². The van der Waals surface area contributed by atoms with Crippen molar-refractivity contribution in [2.75, 3.05) is 13.2 Å². The summed E-state index contributed by atoms with van der Waals surface area (Å²) in [6.07, 6.45) is 3.38. The van der Waals surface area contributed by atoms with E-state index < -0.39 is 5.91 Å². The van der Waals surface area contributed by atoms with E-state index >= 15 is 0 Å². The number of rotatable bonds is 9. The number of benzene rings is 2. The molecular formula is C20H21Cl2N3O3. The van der Waals surface area contributed by atoms with Gasteiger partial charge in [-0.3, -0.25) is 9.59 Å². The molecule has 2 aromatic rings. The van der Waals surface area contributed by atoms with Gasteiger partial charge >= 0.3 is 0 Å². The van der Waals surface area contributed by atoms with E-state index in [4.69, 9.17) is 27.9 Å². The molecule has 0 aliphatic rings. The normalized spacial score (nSPS) is 10.7. The predicted molar refractivity (Wildman–Crippen MR) is 111 cm³/mol. The molecule has 6 nitrogen and oxygen atoms in total. The van der Waals surface area contributed by atoms with Crippen LogP contribution in [-0.4, -0.2) is 31.2 Å². The number of carbonyl (C=O) groups excluding carboxylic acids is 2. The summed E-state index contributed by atoms with van der Waals surface area (Å²) in [5.41, 5.74) is 3.24. The van der Waals surface area contributed by atoms with E-state index in [0.29, 0.717) is 33.5 Å². The third kappa shape index (κ3) is 6.87. The lowest BCUT2D eigenvalue weighted by Gasteiger charge is -2.07. The second-order valence-corrected chi connectivity index (χ2v) is 6.65. The highest BCUT2D eigenvalue weighted by molar-refractivity contribution is 6.38. The molecule has 8 heteroatoms. The third-order valence-electron chi connectivity index (χ3n) is 3.68.